The van der Waals surface area contributed by atoms with E-state index in [2.05, 4.69) is 67.7 Å². The molecule has 1 fully saturated rings. The van der Waals surface area contributed by atoms with Gasteiger partial charge in [0.15, 0.2) is 0 Å². The van der Waals surface area contributed by atoms with Crippen LogP contribution in [0.15, 0.2) is 66.9 Å². The molecule has 1 heterocycles. The molecule has 1 saturated carbocycles. The summed E-state index contributed by atoms with van der Waals surface area (Å²) in [6.07, 6.45) is 3.49. The van der Waals surface area contributed by atoms with Gasteiger partial charge >= 0.3 is 0 Å². The van der Waals surface area contributed by atoms with Gasteiger partial charge in [0, 0.05) is 17.3 Å². The Balaban J connectivity index is 1.83. The highest BCUT2D eigenvalue weighted by Crippen LogP contribution is 2.49. The van der Waals surface area contributed by atoms with Gasteiger partial charge < -0.3 is 0 Å². The van der Waals surface area contributed by atoms with E-state index in [0.717, 1.165) is 17.3 Å². The molecule has 0 amide bonds. The van der Waals surface area contributed by atoms with Crippen LogP contribution < -0.4 is 0 Å². The average Bonchev–Trinajstić information content (AvgIpc) is 3.11. The Hall–Kier alpha value is -2.35. The van der Waals surface area contributed by atoms with Crippen molar-refractivity contribution in [2.75, 3.05) is 0 Å². The highest BCUT2D eigenvalue weighted by Gasteiger charge is 2.37. The Morgan fingerprint density at radius 2 is 1.57 bits per heavy atom. The maximum atomic E-state index is 4.86. The Kier molecular flexibility index (Phi) is 2.88. The van der Waals surface area contributed by atoms with Gasteiger partial charge in [0.1, 0.15) is 0 Å². The maximum absolute atomic E-state index is 4.86. The molecule has 1 aromatic heterocycles. The van der Waals surface area contributed by atoms with E-state index >= 15 is 0 Å². The van der Waals surface area contributed by atoms with Crippen LogP contribution in [-0.2, 0) is 0 Å². The molecule has 3 aromatic rings. The first-order chi connectivity index (χ1) is 10.3. The normalized spacial score (nSPS) is 20.4. The van der Waals surface area contributed by atoms with E-state index < -0.39 is 0 Å². The van der Waals surface area contributed by atoms with Gasteiger partial charge in [-0.2, -0.15) is 5.10 Å². The van der Waals surface area contributed by atoms with E-state index in [0.29, 0.717) is 5.92 Å². The van der Waals surface area contributed by atoms with Crippen LogP contribution in [0.2, 0.25) is 0 Å². The van der Waals surface area contributed by atoms with Crippen LogP contribution in [0.4, 0.5) is 0 Å². The topological polar surface area (TPSA) is 17.8 Å². The second-order valence-corrected chi connectivity index (χ2v) is 5.90. The van der Waals surface area contributed by atoms with Gasteiger partial charge in [-0.25, -0.2) is 4.68 Å². The lowest BCUT2D eigenvalue weighted by molar-refractivity contribution is 0.880. The zero-order valence-electron chi connectivity index (χ0n) is 12.1. The number of rotatable bonds is 3. The molecule has 2 nitrogen and oxygen atoms in total. The lowest BCUT2D eigenvalue weighted by Crippen LogP contribution is -1.93. The van der Waals surface area contributed by atoms with Crippen LogP contribution in [-0.4, -0.2) is 9.78 Å². The predicted octanol–water partition coefficient (Wildman–Crippen LogP) is 4.66. The van der Waals surface area contributed by atoms with Crippen LogP contribution >= 0.6 is 0 Å². The van der Waals surface area contributed by atoms with Crippen molar-refractivity contribution in [3.63, 3.8) is 0 Å². The van der Waals surface area contributed by atoms with Gasteiger partial charge in [0.2, 0.25) is 0 Å². The lowest BCUT2D eigenvalue weighted by Gasteiger charge is -2.00. The molecule has 0 radical (unpaired) electrons. The zero-order valence-corrected chi connectivity index (χ0v) is 12.1. The molecule has 2 aromatic carbocycles. The van der Waals surface area contributed by atoms with Crippen molar-refractivity contribution in [2.24, 2.45) is 5.92 Å². The second-order valence-electron chi connectivity index (χ2n) is 5.90. The summed E-state index contributed by atoms with van der Waals surface area (Å²) in [5, 5.41) is 4.86. The van der Waals surface area contributed by atoms with Crippen LogP contribution in [0.3, 0.4) is 0 Å². The van der Waals surface area contributed by atoms with E-state index in [4.69, 9.17) is 5.10 Å². The third-order valence-corrected chi connectivity index (χ3v) is 4.32. The quantitative estimate of drug-likeness (QED) is 0.679. The summed E-state index contributed by atoms with van der Waals surface area (Å²) in [4.78, 5) is 0. The van der Waals surface area contributed by atoms with Crippen LogP contribution in [0.1, 0.15) is 24.8 Å². The van der Waals surface area contributed by atoms with Crippen molar-refractivity contribution < 1.29 is 0 Å². The van der Waals surface area contributed by atoms with Crippen molar-refractivity contribution in [1.82, 2.24) is 9.78 Å². The van der Waals surface area contributed by atoms with Gasteiger partial charge in [-0.15, -0.1) is 0 Å². The molecule has 1 aliphatic carbocycles. The molecule has 0 bridgehead atoms. The Bertz CT molecular complexity index is 744. The molecule has 2 heteroatoms. The van der Waals surface area contributed by atoms with Crippen LogP contribution in [0, 0.1) is 5.92 Å². The average molecular weight is 274 g/mol. The zero-order chi connectivity index (χ0) is 14.2. The van der Waals surface area contributed by atoms with Crippen molar-refractivity contribution in [3.05, 3.63) is 72.4 Å². The lowest BCUT2D eigenvalue weighted by atomic mass is 10.0. The molecule has 0 aliphatic heterocycles. The van der Waals surface area contributed by atoms with E-state index in [1.807, 2.05) is 10.7 Å². The van der Waals surface area contributed by atoms with Gasteiger partial charge in [0.05, 0.1) is 11.4 Å². The molecule has 4 rings (SSSR count). The third kappa shape index (κ3) is 2.27. The highest BCUT2D eigenvalue weighted by atomic mass is 15.3. The number of benzene rings is 2. The number of hydrogen-bond donors (Lipinski definition) is 0. The van der Waals surface area contributed by atoms with Gasteiger partial charge in [-0.1, -0.05) is 55.5 Å². The summed E-state index contributed by atoms with van der Waals surface area (Å²) in [7, 11) is 0. The standard InChI is InChI=1S/C19H18N2/c1-14-12-17(14)18-13-21(16-10-6-3-7-11-16)20-19(18)15-8-4-2-5-9-15/h2-11,13-14,17H,12H2,1H3. The van der Waals surface area contributed by atoms with Crippen molar-refractivity contribution in [1.29, 1.82) is 0 Å². The Morgan fingerprint density at radius 3 is 2.19 bits per heavy atom. The monoisotopic (exact) mass is 274 g/mol. The predicted molar refractivity (Wildman–Crippen MR) is 85.5 cm³/mol. The fourth-order valence-electron chi connectivity index (χ4n) is 2.95. The summed E-state index contributed by atoms with van der Waals surface area (Å²) in [6.45, 7) is 2.32. The number of aromatic nitrogens is 2. The molecule has 0 N–H and O–H groups in total. The molecule has 2 unspecified atom stereocenters. The minimum atomic E-state index is 0.665. The summed E-state index contributed by atoms with van der Waals surface area (Å²) < 4.78 is 2.02. The first kappa shape index (κ1) is 12.4. The van der Waals surface area contributed by atoms with Crippen LogP contribution in [0.5, 0.6) is 0 Å². The van der Waals surface area contributed by atoms with Crippen molar-refractivity contribution in [3.8, 4) is 16.9 Å². The molecule has 0 spiro atoms. The van der Waals surface area contributed by atoms with E-state index in [9.17, 15) is 0 Å². The van der Waals surface area contributed by atoms with E-state index in [-0.39, 0.29) is 0 Å². The molecule has 1 aliphatic rings. The third-order valence-electron chi connectivity index (χ3n) is 4.32. The SMILES string of the molecule is CC1CC1c1cn(-c2ccccc2)nc1-c1ccccc1. The highest BCUT2D eigenvalue weighted by molar-refractivity contribution is 5.64. The van der Waals surface area contributed by atoms with Gasteiger partial charge in [-0.05, 0) is 30.4 Å². The minimum Gasteiger partial charge on any atom is -0.240 e. The summed E-state index contributed by atoms with van der Waals surface area (Å²) in [5.41, 5.74) is 4.85. The first-order valence-corrected chi connectivity index (χ1v) is 7.53. The molecule has 0 saturated heterocycles. The fraction of sp³-hybridized carbons (Fsp3) is 0.211. The summed E-state index contributed by atoms with van der Waals surface area (Å²) >= 11 is 0. The number of para-hydroxylation sites is 1. The Labute approximate surface area is 125 Å². The second kappa shape index (κ2) is 4.88. The largest absolute Gasteiger partial charge is 0.240 e. The molecule has 104 valence electrons. The molecular formula is C19H18N2. The smallest absolute Gasteiger partial charge is 0.0962 e. The van der Waals surface area contributed by atoms with Gasteiger partial charge in [-0.3, -0.25) is 0 Å². The Morgan fingerprint density at radius 1 is 0.952 bits per heavy atom. The number of nitrogens with zero attached hydrogens (tertiary/aromatic N) is 2. The van der Waals surface area contributed by atoms with E-state index in [1.54, 1.807) is 0 Å². The summed E-state index contributed by atoms with van der Waals surface area (Å²) in [6, 6.07) is 20.9. The first-order valence-electron chi connectivity index (χ1n) is 7.53. The molecule has 21 heavy (non-hydrogen) atoms. The molecule has 2 atom stereocenters. The van der Waals surface area contributed by atoms with Gasteiger partial charge in [0.25, 0.3) is 0 Å². The van der Waals surface area contributed by atoms with E-state index in [1.165, 1.54) is 17.5 Å². The summed E-state index contributed by atoms with van der Waals surface area (Å²) in [5.74, 6) is 1.44. The maximum Gasteiger partial charge on any atom is 0.0962 e. The van der Waals surface area contributed by atoms with Crippen LogP contribution in [0.25, 0.3) is 16.9 Å². The number of hydrogen-bond acceptors (Lipinski definition) is 1. The molecular weight excluding hydrogens is 256 g/mol. The fourth-order valence-corrected chi connectivity index (χ4v) is 2.95. The van der Waals surface area contributed by atoms with Crippen molar-refractivity contribution in [2.45, 2.75) is 19.3 Å². The van der Waals surface area contributed by atoms with Crippen molar-refractivity contribution >= 4 is 0 Å². The minimum absolute atomic E-state index is 0.665.